The van der Waals surface area contributed by atoms with Gasteiger partial charge in [-0.2, -0.15) is 0 Å². The van der Waals surface area contributed by atoms with Crippen molar-refractivity contribution in [3.63, 3.8) is 0 Å². The summed E-state index contributed by atoms with van der Waals surface area (Å²) in [6, 6.07) is 70.8. The molecule has 11 aromatic rings. The molecule has 0 aliphatic carbocycles. The number of hydrogen-bond acceptors (Lipinski definition) is 3. The Morgan fingerprint density at radius 1 is 0.309 bits per heavy atom. The standard InChI is InChI=1S/C52H33NO2/c1-2-14-35(15-3-1)41-19-11-22-45-46-23-12-25-48(52(46)55-51(41)45)53(47-24-8-6-17-40(47)38-28-27-34-13-4-5-16-37(34)33-38)39-31-29-36(30-32-39)42-20-10-21-44-43-18-7-9-26-49(43)54-50(42)44/h1-33H. The Kier molecular flexibility index (Phi) is 7.17. The summed E-state index contributed by atoms with van der Waals surface area (Å²) in [5, 5.41) is 6.84. The largest absolute Gasteiger partial charge is 0.455 e. The zero-order valence-electron chi connectivity index (χ0n) is 29.8. The third kappa shape index (κ3) is 5.13. The van der Waals surface area contributed by atoms with Crippen molar-refractivity contribution in [2.24, 2.45) is 0 Å². The molecule has 0 fully saturated rings. The molecule has 0 spiro atoms. The first-order chi connectivity index (χ1) is 27.3. The van der Waals surface area contributed by atoms with E-state index in [-0.39, 0.29) is 0 Å². The fraction of sp³-hybridized carbons (Fsp3) is 0. The highest BCUT2D eigenvalue weighted by Crippen LogP contribution is 2.47. The third-order valence-electron chi connectivity index (χ3n) is 10.9. The number of fused-ring (bicyclic) bond motifs is 7. The van der Waals surface area contributed by atoms with Gasteiger partial charge < -0.3 is 13.7 Å². The predicted octanol–water partition coefficient (Wildman–Crippen LogP) is 15.1. The molecule has 0 atom stereocenters. The van der Waals surface area contributed by atoms with E-state index >= 15 is 0 Å². The van der Waals surface area contributed by atoms with Gasteiger partial charge in [-0.1, -0.05) is 164 Å². The Bertz CT molecular complexity index is 3210. The summed E-state index contributed by atoms with van der Waals surface area (Å²) < 4.78 is 13.5. The lowest BCUT2D eigenvalue weighted by Gasteiger charge is -2.28. The molecule has 11 rings (SSSR count). The molecule has 2 heterocycles. The van der Waals surface area contributed by atoms with E-state index in [9.17, 15) is 0 Å². The first-order valence-electron chi connectivity index (χ1n) is 18.7. The quantitative estimate of drug-likeness (QED) is 0.173. The Labute approximate surface area is 317 Å². The summed E-state index contributed by atoms with van der Waals surface area (Å²) >= 11 is 0. The smallest absolute Gasteiger partial charge is 0.159 e. The second kappa shape index (κ2) is 12.6. The molecule has 0 bridgehead atoms. The molecular formula is C52H33NO2. The summed E-state index contributed by atoms with van der Waals surface area (Å²) in [5.41, 5.74) is 13.2. The normalized spacial score (nSPS) is 11.6. The van der Waals surface area contributed by atoms with Crippen LogP contribution in [-0.4, -0.2) is 0 Å². The van der Waals surface area contributed by atoms with Crippen LogP contribution >= 0.6 is 0 Å². The molecule has 0 radical (unpaired) electrons. The maximum Gasteiger partial charge on any atom is 0.159 e. The lowest BCUT2D eigenvalue weighted by molar-refractivity contribution is 0.670. The van der Waals surface area contributed by atoms with Gasteiger partial charge in [-0.3, -0.25) is 0 Å². The van der Waals surface area contributed by atoms with Crippen molar-refractivity contribution in [2.75, 3.05) is 4.90 Å². The number of rotatable bonds is 6. The maximum absolute atomic E-state index is 7.01. The summed E-state index contributed by atoms with van der Waals surface area (Å²) in [6.07, 6.45) is 0. The number of para-hydroxylation sites is 5. The first-order valence-corrected chi connectivity index (χ1v) is 18.7. The van der Waals surface area contributed by atoms with Gasteiger partial charge in [0.1, 0.15) is 16.7 Å². The molecule has 9 aromatic carbocycles. The number of benzene rings is 9. The lowest BCUT2D eigenvalue weighted by Crippen LogP contribution is -2.11. The van der Waals surface area contributed by atoms with E-state index in [0.717, 1.165) is 94.3 Å². The Morgan fingerprint density at radius 3 is 1.67 bits per heavy atom. The second-order valence-corrected chi connectivity index (χ2v) is 14.0. The van der Waals surface area contributed by atoms with Crippen LogP contribution in [0.25, 0.3) is 88.0 Å². The van der Waals surface area contributed by atoms with Crippen molar-refractivity contribution >= 4 is 71.7 Å². The van der Waals surface area contributed by atoms with E-state index in [1.54, 1.807) is 0 Å². The van der Waals surface area contributed by atoms with Crippen LogP contribution in [0.5, 0.6) is 0 Å². The van der Waals surface area contributed by atoms with E-state index in [1.807, 2.05) is 18.2 Å². The molecule has 0 saturated heterocycles. The monoisotopic (exact) mass is 703 g/mol. The van der Waals surface area contributed by atoms with Crippen molar-refractivity contribution in [3.05, 3.63) is 200 Å². The first kappa shape index (κ1) is 31.2. The zero-order valence-corrected chi connectivity index (χ0v) is 29.8. The minimum atomic E-state index is 0.838. The minimum absolute atomic E-state index is 0.838. The van der Waals surface area contributed by atoms with Gasteiger partial charge in [-0.05, 0) is 63.9 Å². The van der Waals surface area contributed by atoms with Crippen molar-refractivity contribution in [3.8, 4) is 33.4 Å². The van der Waals surface area contributed by atoms with Gasteiger partial charge >= 0.3 is 0 Å². The molecule has 258 valence electrons. The molecule has 0 amide bonds. The van der Waals surface area contributed by atoms with E-state index in [4.69, 9.17) is 8.83 Å². The molecule has 0 N–H and O–H groups in total. The van der Waals surface area contributed by atoms with Crippen LogP contribution in [-0.2, 0) is 0 Å². The summed E-state index contributed by atoms with van der Waals surface area (Å²) in [5.74, 6) is 0. The van der Waals surface area contributed by atoms with Crippen LogP contribution in [0.15, 0.2) is 209 Å². The van der Waals surface area contributed by atoms with Crippen molar-refractivity contribution in [1.82, 2.24) is 0 Å². The SMILES string of the molecule is c1ccc(-c2cccc3c2oc2c(N(c4ccc(-c5cccc6c5oc5ccccc56)cc4)c4ccccc4-c4ccc5ccccc5c4)cccc23)cc1. The summed E-state index contributed by atoms with van der Waals surface area (Å²) in [6.45, 7) is 0. The summed E-state index contributed by atoms with van der Waals surface area (Å²) in [7, 11) is 0. The molecule has 3 nitrogen and oxygen atoms in total. The van der Waals surface area contributed by atoms with E-state index < -0.39 is 0 Å². The van der Waals surface area contributed by atoms with Crippen molar-refractivity contribution < 1.29 is 8.83 Å². The van der Waals surface area contributed by atoms with Crippen LogP contribution in [0, 0.1) is 0 Å². The maximum atomic E-state index is 7.01. The van der Waals surface area contributed by atoms with Gasteiger partial charge in [-0.15, -0.1) is 0 Å². The van der Waals surface area contributed by atoms with Gasteiger partial charge in [0.2, 0.25) is 0 Å². The molecular weight excluding hydrogens is 671 g/mol. The van der Waals surface area contributed by atoms with Crippen LogP contribution < -0.4 is 4.90 Å². The van der Waals surface area contributed by atoms with Crippen LogP contribution in [0.2, 0.25) is 0 Å². The highest BCUT2D eigenvalue weighted by molar-refractivity contribution is 6.14. The molecule has 3 heteroatoms. The van der Waals surface area contributed by atoms with E-state index in [1.165, 1.54) is 10.8 Å². The van der Waals surface area contributed by atoms with E-state index in [0.29, 0.717) is 0 Å². The fourth-order valence-electron chi connectivity index (χ4n) is 8.27. The molecule has 0 unspecified atom stereocenters. The highest BCUT2D eigenvalue weighted by atomic mass is 16.3. The van der Waals surface area contributed by atoms with Crippen LogP contribution in [0.1, 0.15) is 0 Å². The Hall–Kier alpha value is -7.36. The van der Waals surface area contributed by atoms with Gasteiger partial charge in [0.25, 0.3) is 0 Å². The lowest BCUT2D eigenvalue weighted by atomic mass is 9.98. The average molecular weight is 704 g/mol. The Morgan fingerprint density at radius 2 is 0.855 bits per heavy atom. The minimum Gasteiger partial charge on any atom is -0.455 e. The Balaban J connectivity index is 1.13. The molecule has 0 aliphatic rings. The van der Waals surface area contributed by atoms with Gasteiger partial charge in [0, 0.05) is 43.9 Å². The summed E-state index contributed by atoms with van der Waals surface area (Å²) in [4.78, 5) is 2.35. The average Bonchev–Trinajstić information content (AvgIpc) is 3.84. The predicted molar refractivity (Wildman–Crippen MR) is 229 cm³/mol. The van der Waals surface area contributed by atoms with Crippen LogP contribution in [0.3, 0.4) is 0 Å². The van der Waals surface area contributed by atoms with Crippen molar-refractivity contribution in [1.29, 1.82) is 0 Å². The fourth-order valence-corrected chi connectivity index (χ4v) is 8.27. The number of hydrogen-bond donors (Lipinski definition) is 0. The van der Waals surface area contributed by atoms with E-state index in [2.05, 4.69) is 187 Å². The third-order valence-corrected chi connectivity index (χ3v) is 10.9. The molecule has 2 aromatic heterocycles. The van der Waals surface area contributed by atoms with Crippen LogP contribution in [0.4, 0.5) is 17.1 Å². The highest BCUT2D eigenvalue weighted by Gasteiger charge is 2.23. The number of nitrogens with zero attached hydrogens (tertiary/aromatic N) is 1. The molecule has 0 saturated carbocycles. The van der Waals surface area contributed by atoms with Gasteiger partial charge in [0.15, 0.2) is 5.58 Å². The topological polar surface area (TPSA) is 29.5 Å². The molecule has 0 aliphatic heterocycles. The van der Waals surface area contributed by atoms with Gasteiger partial charge in [0.05, 0.1) is 11.4 Å². The zero-order chi connectivity index (χ0) is 36.3. The van der Waals surface area contributed by atoms with Crippen molar-refractivity contribution in [2.45, 2.75) is 0 Å². The van der Waals surface area contributed by atoms with Gasteiger partial charge in [-0.25, -0.2) is 0 Å². The molecule has 55 heavy (non-hydrogen) atoms. The number of furan rings is 2. The second-order valence-electron chi connectivity index (χ2n) is 14.0. The number of anilines is 3.